The molecule has 1 aliphatic heterocycles. The van der Waals surface area contributed by atoms with Crippen molar-refractivity contribution in [2.24, 2.45) is 0 Å². The standard InChI is InChI=1S/C36H46N4O5/c1-3-21-40(2)24-30-22-33(28-17-15-27(25-41)16-18-28)45-36(44-30)29-19-13-26(14-20-29)23-38-34(42)11-5-4-6-12-35(43)39-32-10-8-7-9-31(32)37/h3,7-10,13-20,30,33,36,41H,1,4-6,11-12,21-25,37H2,2H3,(H,38,42)(H,39,43)/t30-,33+,36+/m0/s1. The fourth-order valence-corrected chi connectivity index (χ4v) is 5.33. The first-order valence-electron chi connectivity index (χ1n) is 15.6. The van der Waals surface area contributed by atoms with E-state index in [-0.39, 0.29) is 30.6 Å². The van der Waals surface area contributed by atoms with Crippen molar-refractivity contribution in [3.05, 3.63) is 108 Å². The number of hydrogen-bond acceptors (Lipinski definition) is 7. The van der Waals surface area contributed by atoms with Gasteiger partial charge in [0.15, 0.2) is 6.29 Å². The van der Waals surface area contributed by atoms with Crippen molar-refractivity contribution in [2.45, 2.75) is 70.2 Å². The highest BCUT2D eigenvalue weighted by Crippen LogP contribution is 2.38. The molecule has 9 nitrogen and oxygen atoms in total. The second-order valence-electron chi connectivity index (χ2n) is 11.6. The minimum atomic E-state index is -0.529. The van der Waals surface area contributed by atoms with Gasteiger partial charge in [-0.3, -0.25) is 9.59 Å². The summed E-state index contributed by atoms with van der Waals surface area (Å²) in [6.45, 7) is 5.79. The van der Waals surface area contributed by atoms with Gasteiger partial charge in [0.05, 0.1) is 30.2 Å². The monoisotopic (exact) mass is 614 g/mol. The largest absolute Gasteiger partial charge is 0.397 e. The highest BCUT2D eigenvalue weighted by atomic mass is 16.7. The number of nitrogens with two attached hydrogens (primary N) is 1. The molecular weight excluding hydrogens is 568 g/mol. The Balaban J connectivity index is 1.22. The number of rotatable bonds is 16. The predicted octanol–water partition coefficient (Wildman–Crippen LogP) is 5.63. The van der Waals surface area contributed by atoms with Crippen LogP contribution in [0.2, 0.25) is 0 Å². The molecule has 1 fully saturated rings. The zero-order chi connectivity index (χ0) is 32.0. The molecule has 4 rings (SSSR count). The number of unbranched alkanes of at least 4 members (excludes halogenated alkanes) is 2. The van der Waals surface area contributed by atoms with Crippen LogP contribution in [0.15, 0.2) is 85.5 Å². The Morgan fingerprint density at radius 1 is 0.933 bits per heavy atom. The normalized spacial score (nSPS) is 18.0. The summed E-state index contributed by atoms with van der Waals surface area (Å²) >= 11 is 0. The van der Waals surface area contributed by atoms with E-state index < -0.39 is 6.29 Å². The summed E-state index contributed by atoms with van der Waals surface area (Å²) in [5.41, 5.74) is 10.9. The molecule has 0 radical (unpaired) electrons. The third kappa shape index (κ3) is 10.8. The molecule has 0 spiro atoms. The van der Waals surface area contributed by atoms with Gasteiger partial charge in [-0.05, 0) is 48.7 Å². The molecule has 1 heterocycles. The molecule has 9 heteroatoms. The number of nitrogens with zero attached hydrogens (tertiary/aromatic N) is 1. The van der Waals surface area contributed by atoms with Gasteiger partial charge in [-0.1, -0.05) is 73.2 Å². The van der Waals surface area contributed by atoms with E-state index >= 15 is 0 Å². The zero-order valence-corrected chi connectivity index (χ0v) is 26.1. The Bertz CT molecular complexity index is 1380. The summed E-state index contributed by atoms with van der Waals surface area (Å²) in [4.78, 5) is 26.8. The second-order valence-corrected chi connectivity index (χ2v) is 11.6. The van der Waals surface area contributed by atoms with Gasteiger partial charge in [0.1, 0.15) is 0 Å². The number of benzene rings is 3. The van der Waals surface area contributed by atoms with Gasteiger partial charge in [-0.15, -0.1) is 6.58 Å². The van der Waals surface area contributed by atoms with Crippen molar-refractivity contribution in [3.8, 4) is 0 Å². The number of carbonyl (C=O) groups excluding carboxylic acids is 2. The van der Waals surface area contributed by atoms with Crippen LogP contribution in [0.3, 0.4) is 0 Å². The number of anilines is 2. The Morgan fingerprint density at radius 3 is 2.29 bits per heavy atom. The number of para-hydroxylation sites is 2. The van der Waals surface area contributed by atoms with Crippen LogP contribution in [0.4, 0.5) is 11.4 Å². The molecule has 3 atom stereocenters. The van der Waals surface area contributed by atoms with Gasteiger partial charge < -0.3 is 35.8 Å². The smallest absolute Gasteiger partial charge is 0.224 e. The number of carbonyl (C=O) groups is 2. The lowest BCUT2D eigenvalue weighted by atomic mass is 9.99. The number of amides is 2. The summed E-state index contributed by atoms with van der Waals surface area (Å²) in [6.07, 6.45) is 4.91. The average molecular weight is 615 g/mol. The lowest BCUT2D eigenvalue weighted by molar-refractivity contribution is -0.252. The zero-order valence-electron chi connectivity index (χ0n) is 26.1. The van der Waals surface area contributed by atoms with Crippen molar-refractivity contribution in [2.75, 3.05) is 31.2 Å². The number of hydrogen-bond donors (Lipinski definition) is 4. The minimum Gasteiger partial charge on any atom is -0.397 e. The molecule has 2 amide bonds. The number of aliphatic hydroxyl groups excluding tert-OH is 1. The Kier molecular flexibility index (Phi) is 13.1. The summed E-state index contributed by atoms with van der Waals surface area (Å²) in [5.74, 6) is -0.0892. The molecular formula is C36H46N4O5. The summed E-state index contributed by atoms with van der Waals surface area (Å²) < 4.78 is 12.8. The van der Waals surface area contributed by atoms with E-state index in [0.717, 1.165) is 54.6 Å². The van der Waals surface area contributed by atoms with Crippen LogP contribution >= 0.6 is 0 Å². The molecule has 5 N–H and O–H groups in total. The third-order valence-corrected chi connectivity index (χ3v) is 7.86. The van der Waals surface area contributed by atoms with E-state index in [9.17, 15) is 14.7 Å². The van der Waals surface area contributed by atoms with Crippen molar-refractivity contribution >= 4 is 23.2 Å². The topological polar surface area (TPSA) is 126 Å². The minimum absolute atomic E-state index is 0.00548. The van der Waals surface area contributed by atoms with Gasteiger partial charge in [0.2, 0.25) is 11.8 Å². The SMILES string of the molecule is C=CCN(C)C[C@@H]1C[C@H](c2ccc(CO)cc2)O[C@H](c2ccc(CNC(=O)CCCCCC(=O)Nc3ccccc3N)cc2)O1. The maximum absolute atomic E-state index is 12.4. The number of nitrogen functional groups attached to an aromatic ring is 1. The molecule has 3 aromatic rings. The highest BCUT2D eigenvalue weighted by Gasteiger charge is 2.32. The summed E-state index contributed by atoms with van der Waals surface area (Å²) in [6, 6.07) is 23.0. The molecule has 0 bridgehead atoms. The number of ether oxygens (including phenoxy) is 2. The van der Waals surface area contributed by atoms with E-state index in [1.54, 1.807) is 12.1 Å². The molecule has 1 aliphatic rings. The van der Waals surface area contributed by atoms with E-state index in [2.05, 4.69) is 22.1 Å². The van der Waals surface area contributed by atoms with Crippen molar-refractivity contribution in [3.63, 3.8) is 0 Å². The first-order valence-corrected chi connectivity index (χ1v) is 15.6. The lowest BCUT2D eigenvalue weighted by Crippen LogP contribution is -2.37. The fourth-order valence-electron chi connectivity index (χ4n) is 5.33. The maximum atomic E-state index is 12.4. The van der Waals surface area contributed by atoms with E-state index in [4.69, 9.17) is 15.2 Å². The van der Waals surface area contributed by atoms with E-state index in [0.29, 0.717) is 37.2 Å². The van der Waals surface area contributed by atoms with Crippen LogP contribution in [-0.2, 0) is 32.2 Å². The van der Waals surface area contributed by atoms with Crippen molar-refractivity contribution in [1.29, 1.82) is 0 Å². The van der Waals surface area contributed by atoms with Crippen LogP contribution in [0, 0.1) is 0 Å². The first-order chi connectivity index (χ1) is 21.8. The average Bonchev–Trinajstić information content (AvgIpc) is 3.05. The third-order valence-electron chi connectivity index (χ3n) is 7.86. The molecule has 3 aromatic carbocycles. The summed E-state index contributed by atoms with van der Waals surface area (Å²) in [5, 5.41) is 15.2. The van der Waals surface area contributed by atoms with Crippen LogP contribution < -0.4 is 16.4 Å². The maximum Gasteiger partial charge on any atom is 0.224 e. The Morgan fingerprint density at radius 2 is 1.60 bits per heavy atom. The quantitative estimate of drug-likeness (QED) is 0.0936. The lowest BCUT2D eigenvalue weighted by Gasteiger charge is -2.37. The Labute approximate surface area is 266 Å². The highest BCUT2D eigenvalue weighted by molar-refractivity contribution is 5.93. The number of nitrogens with one attached hydrogen (secondary N) is 2. The fraction of sp³-hybridized carbons (Fsp3) is 0.389. The van der Waals surface area contributed by atoms with Gasteiger partial charge in [0.25, 0.3) is 0 Å². The molecule has 240 valence electrons. The summed E-state index contributed by atoms with van der Waals surface area (Å²) in [7, 11) is 2.05. The van der Waals surface area contributed by atoms with E-state index in [1.807, 2.05) is 73.8 Å². The molecule has 1 saturated heterocycles. The Hall–Kier alpha value is -4.02. The van der Waals surface area contributed by atoms with Gasteiger partial charge in [0, 0.05) is 44.5 Å². The van der Waals surface area contributed by atoms with E-state index in [1.165, 1.54) is 0 Å². The van der Waals surface area contributed by atoms with Crippen LogP contribution in [0.25, 0.3) is 0 Å². The van der Waals surface area contributed by atoms with Gasteiger partial charge in [-0.2, -0.15) is 0 Å². The molecule has 45 heavy (non-hydrogen) atoms. The molecule has 0 saturated carbocycles. The van der Waals surface area contributed by atoms with Crippen LogP contribution in [0.5, 0.6) is 0 Å². The molecule has 0 aromatic heterocycles. The number of likely N-dealkylation sites (N-methyl/N-ethyl adjacent to an activating group) is 1. The predicted molar refractivity (Wildman–Crippen MR) is 177 cm³/mol. The second kappa shape index (κ2) is 17.5. The van der Waals surface area contributed by atoms with Gasteiger partial charge in [-0.25, -0.2) is 0 Å². The van der Waals surface area contributed by atoms with Gasteiger partial charge >= 0.3 is 0 Å². The van der Waals surface area contributed by atoms with Crippen LogP contribution in [-0.4, -0.2) is 48.1 Å². The number of aliphatic hydroxyl groups is 1. The van der Waals surface area contributed by atoms with Crippen molar-refractivity contribution in [1.82, 2.24) is 10.2 Å². The van der Waals surface area contributed by atoms with Crippen LogP contribution in [0.1, 0.15) is 73.2 Å². The molecule has 0 unspecified atom stereocenters. The first kappa shape index (κ1) is 33.9. The van der Waals surface area contributed by atoms with Crippen molar-refractivity contribution < 1.29 is 24.2 Å². The molecule has 0 aliphatic carbocycles.